The maximum absolute atomic E-state index is 12.7. The molecule has 0 unspecified atom stereocenters. The molecule has 0 saturated carbocycles. The van der Waals surface area contributed by atoms with E-state index in [1.807, 2.05) is 4.90 Å². The van der Waals surface area contributed by atoms with Crippen molar-refractivity contribution in [2.24, 2.45) is 0 Å². The molecule has 2 aromatic heterocycles. The number of hydrogen-bond acceptors (Lipinski definition) is 8. The molecule has 1 amide bonds. The molecule has 0 atom stereocenters. The second-order valence-electron chi connectivity index (χ2n) is 5.69. The lowest BCUT2D eigenvalue weighted by molar-refractivity contribution is 0.102. The van der Waals surface area contributed by atoms with Gasteiger partial charge in [0.25, 0.3) is 11.6 Å². The Morgan fingerprint density at radius 1 is 1.19 bits per heavy atom. The van der Waals surface area contributed by atoms with Crippen LogP contribution in [0.25, 0.3) is 11.1 Å². The summed E-state index contributed by atoms with van der Waals surface area (Å²) in [5.74, 6) is 0.940. The molecule has 0 bridgehead atoms. The molecule has 1 aromatic carbocycles. The molecule has 1 N–H and O–H groups in total. The van der Waals surface area contributed by atoms with Gasteiger partial charge < -0.3 is 24.2 Å². The first-order chi connectivity index (χ1) is 12.8. The fourth-order valence-electron chi connectivity index (χ4n) is 2.81. The maximum atomic E-state index is 12.7. The van der Waals surface area contributed by atoms with Gasteiger partial charge in [0, 0.05) is 18.8 Å². The van der Waals surface area contributed by atoms with Gasteiger partial charge in [0.1, 0.15) is 23.3 Å². The van der Waals surface area contributed by atoms with E-state index in [1.54, 1.807) is 31.4 Å². The Kier molecular flexibility index (Phi) is 4.36. The molecule has 0 aliphatic carbocycles. The predicted molar refractivity (Wildman–Crippen MR) is 93.6 cm³/mol. The second-order valence-corrected chi connectivity index (χ2v) is 5.69. The van der Waals surface area contributed by atoms with Gasteiger partial charge in [-0.25, -0.2) is 4.98 Å². The van der Waals surface area contributed by atoms with Crippen LogP contribution in [0.15, 0.2) is 35.1 Å². The number of benzene rings is 1. The van der Waals surface area contributed by atoms with Crippen LogP contribution in [0.1, 0.15) is 10.5 Å². The third-order valence-electron chi connectivity index (χ3n) is 4.13. The molecule has 3 aromatic rings. The van der Waals surface area contributed by atoms with Crippen LogP contribution in [0.2, 0.25) is 0 Å². The highest BCUT2D eigenvalue weighted by atomic mass is 16.5. The van der Waals surface area contributed by atoms with E-state index < -0.39 is 5.91 Å². The number of morpholine rings is 1. The maximum Gasteiger partial charge on any atom is 0.278 e. The SMILES string of the molecule is COc1ccc(NC(=O)c2noc3ncnc(N4CCOCC4)c23)cc1. The average Bonchev–Trinajstić information content (AvgIpc) is 3.13. The van der Waals surface area contributed by atoms with Gasteiger partial charge in [-0.1, -0.05) is 5.16 Å². The first-order valence-corrected chi connectivity index (χ1v) is 8.15. The van der Waals surface area contributed by atoms with Gasteiger partial charge in [0.05, 0.1) is 20.3 Å². The summed E-state index contributed by atoms with van der Waals surface area (Å²) < 4.78 is 15.7. The highest BCUT2D eigenvalue weighted by molar-refractivity contribution is 6.12. The molecule has 1 aliphatic heterocycles. The van der Waals surface area contributed by atoms with Crippen LogP contribution in [0.4, 0.5) is 11.5 Å². The third-order valence-corrected chi connectivity index (χ3v) is 4.13. The Bertz CT molecular complexity index is 919. The highest BCUT2D eigenvalue weighted by Gasteiger charge is 2.25. The van der Waals surface area contributed by atoms with Crippen molar-refractivity contribution in [1.82, 2.24) is 15.1 Å². The molecule has 134 valence electrons. The highest BCUT2D eigenvalue weighted by Crippen LogP contribution is 2.27. The average molecular weight is 355 g/mol. The lowest BCUT2D eigenvalue weighted by atomic mass is 10.2. The first kappa shape index (κ1) is 16.3. The van der Waals surface area contributed by atoms with Gasteiger partial charge >= 0.3 is 0 Å². The quantitative estimate of drug-likeness (QED) is 0.755. The zero-order chi connectivity index (χ0) is 17.9. The lowest BCUT2D eigenvalue weighted by Gasteiger charge is -2.27. The minimum Gasteiger partial charge on any atom is -0.497 e. The van der Waals surface area contributed by atoms with E-state index in [9.17, 15) is 4.79 Å². The molecule has 1 saturated heterocycles. The minimum atomic E-state index is -0.391. The third kappa shape index (κ3) is 3.04. The van der Waals surface area contributed by atoms with Crippen molar-refractivity contribution in [1.29, 1.82) is 0 Å². The summed E-state index contributed by atoms with van der Waals surface area (Å²) in [6.07, 6.45) is 1.41. The number of rotatable bonds is 4. The lowest BCUT2D eigenvalue weighted by Crippen LogP contribution is -2.37. The van der Waals surface area contributed by atoms with E-state index in [0.717, 1.165) is 0 Å². The van der Waals surface area contributed by atoms with E-state index in [4.69, 9.17) is 14.0 Å². The number of nitrogens with zero attached hydrogens (tertiary/aromatic N) is 4. The van der Waals surface area contributed by atoms with Crippen molar-refractivity contribution >= 4 is 28.5 Å². The van der Waals surface area contributed by atoms with E-state index in [2.05, 4.69) is 20.4 Å². The number of methoxy groups -OCH3 is 1. The molecule has 4 rings (SSSR count). The van der Waals surface area contributed by atoms with E-state index >= 15 is 0 Å². The van der Waals surface area contributed by atoms with Gasteiger partial charge in [-0.2, -0.15) is 4.98 Å². The summed E-state index contributed by atoms with van der Waals surface area (Å²) >= 11 is 0. The van der Waals surface area contributed by atoms with Crippen LogP contribution in [-0.2, 0) is 4.74 Å². The van der Waals surface area contributed by atoms with E-state index in [-0.39, 0.29) is 11.4 Å². The van der Waals surface area contributed by atoms with Crippen molar-refractivity contribution in [3.05, 3.63) is 36.3 Å². The van der Waals surface area contributed by atoms with Crippen LogP contribution in [0.5, 0.6) is 5.75 Å². The van der Waals surface area contributed by atoms with Crippen molar-refractivity contribution in [3.8, 4) is 5.75 Å². The standard InChI is InChI=1S/C17H17N5O4/c1-24-12-4-2-11(3-5-12)20-16(23)14-13-15(22-6-8-25-9-7-22)18-10-19-17(13)26-21-14/h2-5,10H,6-9H2,1H3,(H,20,23). The number of carbonyl (C=O) groups is 1. The molecule has 1 fully saturated rings. The van der Waals surface area contributed by atoms with Crippen molar-refractivity contribution in [2.75, 3.05) is 43.6 Å². The Balaban J connectivity index is 1.65. The van der Waals surface area contributed by atoms with E-state index in [0.29, 0.717) is 48.9 Å². The molecule has 0 spiro atoms. The molecule has 1 aliphatic rings. The smallest absolute Gasteiger partial charge is 0.278 e. The molecule has 26 heavy (non-hydrogen) atoms. The molecule has 3 heterocycles. The van der Waals surface area contributed by atoms with Crippen molar-refractivity contribution < 1.29 is 18.8 Å². The Hall–Kier alpha value is -3.20. The van der Waals surface area contributed by atoms with Gasteiger partial charge in [0.2, 0.25) is 0 Å². The van der Waals surface area contributed by atoms with Crippen LogP contribution >= 0.6 is 0 Å². The van der Waals surface area contributed by atoms with Gasteiger partial charge in [-0.15, -0.1) is 0 Å². The fourth-order valence-corrected chi connectivity index (χ4v) is 2.81. The molecule has 0 radical (unpaired) electrons. The number of nitrogens with one attached hydrogen (secondary N) is 1. The van der Waals surface area contributed by atoms with Gasteiger partial charge in [0.15, 0.2) is 5.69 Å². The van der Waals surface area contributed by atoms with Gasteiger partial charge in [-0.3, -0.25) is 4.79 Å². The number of amides is 1. The Morgan fingerprint density at radius 3 is 2.69 bits per heavy atom. The number of carbonyl (C=O) groups excluding carboxylic acids is 1. The van der Waals surface area contributed by atoms with Crippen LogP contribution in [0, 0.1) is 0 Å². The zero-order valence-corrected chi connectivity index (χ0v) is 14.1. The Morgan fingerprint density at radius 2 is 1.96 bits per heavy atom. The van der Waals surface area contributed by atoms with Crippen molar-refractivity contribution in [3.63, 3.8) is 0 Å². The predicted octanol–water partition coefficient (Wildman–Crippen LogP) is 1.72. The molecular weight excluding hydrogens is 338 g/mol. The summed E-state index contributed by atoms with van der Waals surface area (Å²) in [6.45, 7) is 2.56. The number of ether oxygens (including phenoxy) is 2. The molecule has 9 heteroatoms. The molecule has 9 nitrogen and oxygen atoms in total. The summed E-state index contributed by atoms with van der Waals surface area (Å²) in [6, 6.07) is 7.02. The van der Waals surface area contributed by atoms with Gasteiger partial charge in [-0.05, 0) is 24.3 Å². The largest absolute Gasteiger partial charge is 0.497 e. The summed E-state index contributed by atoms with van der Waals surface area (Å²) in [5, 5.41) is 7.21. The Labute approximate surface area is 148 Å². The van der Waals surface area contributed by atoms with E-state index in [1.165, 1.54) is 6.33 Å². The number of hydrogen-bond donors (Lipinski definition) is 1. The van der Waals surface area contributed by atoms with Crippen LogP contribution in [0.3, 0.4) is 0 Å². The van der Waals surface area contributed by atoms with Crippen LogP contribution in [-0.4, -0.2) is 54.4 Å². The number of fused-ring (bicyclic) bond motifs is 1. The second kappa shape index (κ2) is 6.96. The minimum absolute atomic E-state index is 0.151. The summed E-state index contributed by atoms with van der Waals surface area (Å²) in [4.78, 5) is 23.2. The zero-order valence-electron chi connectivity index (χ0n) is 14.1. The molecular formula is C17H17N5O4. The normalized spacial score (nSPS) is 14.4. The summed E-state index contributed by atoms with van der Waals surface area (Å²) in [5.41, 5.74) is 1.05. The fraction of sp³-hybridized carbons (Fsp3) is 0.294. The first-order valence-electron chi connectivity index (χ1n) is 8.15. The number of anilines is 2. The van der Waals surface area contributed by atoms with Crippen molar-refractivity contribution in [2.45, 2.75) is 0 Å². The van der Waals surface area contributed by atoms with Crippen LogP contribution < -0.4 is 15.0 Å². The summed E-state index contributed by atoms with van der Waals surface area (Å²) in [7, 11) is 1.59. The number of aromatic nitrogens is 3. The topological polar surface area (TPSA) is 103 Å². The monoisotopic (exact) mass is 355 g/mol.